The average Bonchev–Trinajstić information content (AvgIpc) is 3.16. The highest BCUT2D eigenvalue weighted by atomic mass is 19.2. The van der Waals surface area contributed by atoms with E-state index < -0.39 is 11.6 Å². The van der Waals surface area contributed by atoms with E-state index in [9.17, 15) is 8.78 Å². The summed E-state index contributed by atoms with van der Waals surface area (Å²) in [4.78, 5) is 15.2. The molecule has 0 aliphatic carbocycles. The van der Waals surface area contributed by atoms with E-state index in [-0.39, 0.29) is 5.69 Å². The van der Waals surface area contributed by atoms with Crippen molar-refractivity contribution in [3.8, 4) is 16.9 Å². The van der Waals surface area contributed by atoms with Crippen LogP contribution in [-0.2, 0) is 0 Å². The maximum absolute atomic E-state index is 14.0. The van der Waals surface area contributed by atoms with Gasteiger partial charge in [0.05, 0.1) is 23.9 Å². The van der Waals surface area contributed by atoms with Crippen molar-refractivity contribution >= 4 is 11.0 Å². The molecule has 4 aromatic rings. The van der Waals surface area contributed by atoms with Gasteiger partial charge in [-0.3, -0.25) is 4.57 Å². The van der Waals surface area contributed by atoms with Crippen molar-refractivity contribution in [2.24, 2.45) is 0 Å². The maximum atomic E-state index is 14.0. The first-order chi connectivity index (χ1) is 10.8. The molecule has 3 heterocycles. The average molecular weight is 297 g/mol. The zero-order valence-corrected chi connectivity index (χ0v) is 11.2. The molecule has 0 saturated carbocycles. The Kier molecular flexibility index (Phi) is 2.72. The fourth-order valence-corrected chi connectivity index (χ4v) is 2.44. The number of benzene rings is 1. The van der Waals surface area contributed by atoms with E-state index in [2.05, 4.69) is 19.9 Å². The van der Waals surface area contributed by atoms with Crippen molar-refractivity contribution in [1.29, 1.82) is 0 Å². The smallest absolute Gasteiger partial charge is 0.182 e. The molecule has 5 nitrogen and oxygen atoms in total. The van der Waals surface area contributed by atoms with Crippen LogP contribution >= 0.6 is 0 Å². The number of hydrogen-bond donors (Lipinski definition) is 1. The molecule has 1 N–H and O–H groups in total. The van der Waals surface area contributed by atoms with Gasteiger partial charge >= 0.3 is 0 Å². The minimum Gasteiger partial charge on any atom is -0.345 e. The molecule has 0 spiro atoms. The predicted molar refractivity (Wildman–Crippen MR) is 76.4 cm³/mol. The third kappa shape index (κ3) is 1.79. The van der Waals surface area contributed by atoms with Crippen LogP contribution in [0, 0.1) is 11.6 Å². The lowest BCUT2D eigenvalue weighted by atomic mass is 10.2. The first-order valence-corrected chi connectivity index (χ1v) is 6.50. The number of nitrogens with one attached hydrogen (secondary N) is 1. The summed E-state index contributed by atoms with van der Waals surface area (Å²) in [5.41, 5.74) is 2.14. The van der Waals surface area contributed by atoms with Gasteiger partial charge < -0.3 is 4.98 Å². The summed E-state index contributed by atoms with van der Waals surface area (Å²) in [5, 5.41) is 0.779. The van der Waals surface area contributed by atoms with Gasteiger partial charge in [0.15, 0.2) is 11.6 Å². The van der Waals surface area contributed by atoms with Crippen LogP contribution in [0.15, 0.2) is 49.4 Å². The van der Waals surface area contributed by atoms with Crippen LogP contribution in [0.4, 0.5) is 8.78 Å². The molecule has 3 aromatic heterocycles. The Labute approximate surface area is 123 Å². The summed E-state index contributed by atoms with van der Waals surface area (Å²) in [7, 11) is 0. The number of hydrogen-bond acceptors (Lipinski definition) is 3. The zero-order valence-electron chi connectivity index (χ0n) is 11.2. The molecular formula is C15H9F2N5. The first kappa shape index (κ1) is 12.6. The molecule has 0 unspecified atom stereocenters. The number of H-pyrrole nitrogens is 1. The summed E-state index contributed by atoms with van der Waals surface area (Å²) in [6, 6.07) is 4.03. The van der Waals surface area contributed by atoms with Crippen LogP contribution in [0.1, 0.15) is 0 Å². The van der Waals surface area contributed by atoms with Gasteiger partial charge in [-0.1, -0.05) is 6.07 Å². The molecule has 0 aliphatic heterocycles. The lowest BCUT2D eigenvalue weighted by Gasteiger charge is -2.09. The van der Waals surface area contributed by atoms with E-state index in [1.807, 2.05) is 0 Å². The van der Waals surface area contributed by atoms with E-state index in [0.29, 0.717) is 11.3 Å². The van der Waals surface area contributed by atoms with E-state index in [0.717, 1.165) is 17.0 Å². The molecule has 0 bridgehead atoms. The summed E-state index contributed by atoms with van der Waals surface area (Å²) in [5.74, 6) is -1.82. The topological polar surface area (TPSA) is 59.4 Å². The van der Waals surface area contributed by atoms with E-state index in [1.54, 1.807) is 18.6 Å². The van der Waals surface area contributed by atoms with Gasteiger partial charge in [0, 0.05) is 23.3 Å². The summed E-state index contributed by atoms with van der Waals surface area (Å²) < 4.78 is 29.0. The Morgan fingerprint density at radius 2 is 2.00 bits per heavy atom. The van der Waals surface area contributed by atoms with Crippen molar-refractivity contribution < 1.29 is 8.78 Å². The largest absolute Gasteiger partial charge is 0.345 e. The zero-order chi connectivity index (χ0) is 15.1. The second-order valence-electron chi connectivity index (χ2n) is 4.71. The molecule has 0 radical (unpaired) electrons. The van der Waals surface area contributed by atoms with E-state index in [4.69, 9.17) is 0 Å². The van der Waals surface area contributed by atoms with Crippen LogP contribution in [-0.4, -0.2) is 24.5 Å². The highest BCUT2D eigenvalue weighted by molar-refractivity contribution is 5.92. The summed E-state index contributed by atoms with van der Waals surface area (Å²) in [6.45, 7) is 0. The number of aromatic nitrogens is 5. The van der Waals surface area contributed by atoms with Gasteiger partial charge in [0.2, 0.25) is 0 Å². The van der Waals surface area contributed by atoms with Crippen molar-refractivity contribution in [3.05, 3.63) is 61.1 Å². The predicted octanol–water partition coefficient (Wildman–Crippen LogP) is 3.09. The molecule has 7 heteroatoms. The Bertz CT molecular complexity index is 973. The number of aromatic amines is 1. The van der Waals surface area contributed by atoms with Gasteiger partial charge in [-0.05, 0) is 12.1 Å². The van der Waals surface area contributed by atoms with Crippen LogP contribution in [0.25, 0.3) is 28.0 Å². The van der Waals surface area contributed by atoms with Gasteiger partial charge in [0.1, 0.15) is 12.0 Å². The quantitative estimate of drug-likeness (QED) is 0.618. The van der Waals surface area contributed by atoms with Crippen molar-refractivity contribution in [2.45, 2.75) is 0 Å². The lowest BCUT2D eigenvalue weighted by Crippen LogP contribution is -2.00. The molecule has 0 saturated heterocycles. The SMILES string of the molecule is Fc1cccc(-n2cncc2-c2c[nH]c3ncncc23)c1F. The Morgan fingerprint density at radius 3 is 2.91 bits per heavy atom. The molecule has 0 amide bonds. The maximum Gasteiger partial charge on any atom is 0.182 e. The van der Waals surface area contributed by atoms with Gasteiger partial charge in [-0.2, -0.15) is 0 Å². The van der Waals surface area contributed by atoms with E-state index >= 15 is 0 Å². The van der Waals surface area contributed by atoms with Crippen molar-refractivity contribution in [2.75, 3.05) is 0 Å². The Hall–Kier alpha value is -3.09. The fourth-order valence-electron chi connectivity index (χ4n) is 2.44. The van der Waals surface area contributed by atoms with Crippen LogP contribution < -0.4 is 0 Å². The third-order valence-electron chi connectivity index (χ3n) is 3.46. The van der Waals surface area contributed by atoms with Gasteiger partial charge in [0.25, 0.3) is 0 Å². The van der Waals surface area contributed by atoms with Crippen LogP contribution in [0.3, 0.4) is 0 Å². The summed E-state index contributed by atoms with van der Waals surface area (Å²) in [6.07, 6.45) is 7.86. The first-order valence-electron chi connectivity index (χ1n) is 6.50. The van der Waals surface area contributed by atoms with Crippen LogP contribution in [0.2, 0.25) is 0 Å². The number of halogens is 2. The number of nitrogens with zero attached hydrogens (tertiary/aromatic N) is 4. The Balaban J connectivity index is 1.96. The van der Waals surface area contributed by atoms with Crippen molar-refractivity contribution in [3.63, 3.8) is 0 Å². The normalized spacial score (nSPS) is 11.2. The number of fused-ring (bicyclic) bond motifs is 1. The number of rotatable bonds is 2. The third-order valence-corrected chi connectivity index (χ3v) is 3.46. The molecule has 108 valence electrons. The fraction of sp³-hybridized carbons (Fsp3) is 0. The molecule has 4 rings (SSSR count). The molecule has 0 atom stereocenters. The van der Waals surface area contributed by atoms with Gasteiger partial charge in [-0.25, -0.2) is 23.7 Å². The monoisotopic (exact) mass is 297 g/mol. The molecule has 0 aliphatic rings. The second-order valence-corrected chi connectivity index (χ2v) is 4.71. The van der Waals surface area contributed by atoms with E-state index in [1.165, 1.54) is 29.4 Å². The molecule has 1 aromatic carbocycles. The van der Waals surface area contributed by atoms with Crippen LogP contribution in [0.5, 0.6) is 0 Å². The molecular weight excluding hydrogens is 288 g/mol. The second kappa shape index (κ2) is 4.73. The molecule has 0 fully saturated rings. The standard InChI is InChI=1S/C15H9F2N5/c16-11-2-1-3-12(14(11)17)22-8-19-6-13(22)9-5-20-15-10(9)4-18-7-21-15/h1-8H,(H,18,20,21). The number of imidazole rings is 1. The minimum absolute atomic E-state index is 0.0960. The summed E-state index contributed by atoms with van der Waals surface area (Å²) >= 11 is 0. The lowest BCUT2D eigenvalue weighted by molar-refractivity contribution is 0.504. The Morgan fingerprint density at radius 1 is 1.09 bits per heavy atom. The van der Waals surface area contributed by atoms with Crippen molar-refractivity contribution in [1.82, 2.24) is 24.5 Å². The highest BCUT2D eigenvalue weighted by Gasteiger charge is 2.16. The van der Waals surface area contributed by atoms with Gasteiger partial charge in [-0.15, -0.1) is 0 Å². The molecule has 22 heavy (non-hydrogen) atoms. The minimum atomic E-state index is -0.919. The highest BCUT2D eigenvalue weighted by Crippen LogP contribution is 2.29.